The molecule has 2 atom stereocenters. The van der Waals surface area contributed by atoms with E-state index >= 15 is 0 Å². The van der Waals surface area contributed by atoms with Crippen molar-refractivity contribution in [3.63, 3.8) is 0 Å². The van der Waals surface area contributed by atoms with Gasteiger partial charge in [0.2, 0.25) is 12.3 Å². The van der Waals surface area contributed by atoms with E-state index in [1.54, 1.807) is 18.9 Å². The fourth-order valence-corrected chi connectivity index (χ4v) is 5.64. The summed E-state index contributed by atoms with van der Waals surface area (Å²) < 4.78 is 64.2. The van der Waals surface area contributed by atoms with Gasteiger partial charge in [0.15, 0.2) is 0 Å². The molecule has 1 aromatic carbocycles. The molecule has 0 radical (unpaired) electrons. The van der Waals surface area contributed by atoms with E-state index in [0.717, 1.165) is 18.6 Å². The third-order valence-electron chi connectivity index (χ3n) is 6.32. The summed E-state index contributed by atoms with van der Waals surface area (Å²) in [5, 5.41) is 11.2. The SMILES string of the molecule is CCN(C)C(=O)[C@H]1CCCN(S(=O)(=O)N2CC(C#N)C2)C1.C[C@@H](NC=O)c1ccc(C(F)(F)F)cc1.I.[HH]. The molecule has 2 fully saturated rings. The lowest BCUT2D eigenvalue weighted by atomic mass is 9.98. The number of nitriles is 1. The van der Waals surface area contributed by atoms with Gasteiger partial charge < -0.3 is 10.2 Å². The Kier molecular flexibility index (Phi) is 12.7. The van der Waals surface area contributed by atoms with Crippen molar-refractivity contribution in [2.75, 3.05) is 39.8 Å². The van der Waals surface area contributed by atoms with Crippen LogP contribution in [0.1, 0.15) is 45.3 Å². The molecule has 0 bridgehead atoms. The number of nitrogens with zero attached hydrogens (tertiary/aromatic N) is 4. The van der Waals surface area contributed by atoms with Gasteiger partial charge in [-0.1, -0.05) is 12.1 Å². The summed E-state index contributed by atoms with van der Waals surface area (Å²) in [4.78, 5) is 24.0. The molecule has 0 saturated carbocycles. The van der Waals surface area contributed by atoms with E-state index in [0.29, 0.717) is 31.5 Å². The number of hydrogen-bond donors (Lipinski definition) is 1. The van der Waals surface area contributed by atoms with Crippen LogP contribution in [0.4, 0.5) is 13.2 Å². The first-order valence-electron chi connectivity index (χ1n) is 11.6. The van der Waals surface area contributed by atoms with Crippen molar-refractivity contribution in [1.82, 2.24) is 18.8 Å². The highest BCUT2D eigenvalue weighted by Crippen LogP contribution is 2.30. The molecule has 0 aromatic heterocycles. The van der Waals surface area contributed by atoms with E-state index in [1.165, 1.54) is 20.7 Å². The Morgan fingerprint density at radius 2 is 1.86 bits per heavy atom. The van der Waals surface area contributed by atoms with Gasteiger partial charge >= 0.3 is 6.18 Å². The van der Waals surface area contributed by atoms with Gasteiger partial charge in [0.1, 0.15) is 0 Å². The summed E-state index contributed by atoms with van der Waals surface area (Å²) in [6.07, 6.45) is -2.37. The van der Waals surface area contributed by atoms with Crippen LogP contribution < -0.4 is 5.32 Å². The molecule has 3 rings (SSSR count). The van der Waals surface area contributed by atoms with Crippen molar-refractivity contribution in [3.8, 4) is 6.07 Å². The van der Waals surface area contributed by atoms with Gasteiger partial charge in [-0.15, -0.1) is 24.0 Å². The number of piperidine rings is 1. The first-order valence-corrected chi connectivity index (χ1v) is 13.0. The Morgan fingerprint density at radius 1 is 1.27 bits per heavy atom. The monoisotopic (exact) mass is 661 g/mol. The Balaban J connectivity index is 0.000000720. The summed E-state index contributed by atoms with van der Waals surface area (Å²) in [5.74, 6) is -0.448. The van der Waals surface area contributed by atoms with Gasteiger partial charge in [-0.25, -0.2) is 0 Å². The fourth-order valence-electron chi connectivity index (χ4n) is 3.85. The van der Waals surface area contributed by atoms with Crippen LogP contribution in [0.25, 0.3) is 0 Å². The van der Waals surface area contributed by atoms with Crippen molar-refractivity contribution in [1.29, 1.82) is 5.26 Å². The Labute approximate surface area is 234 Å². The zero-order valence-corrected chi connectivity index (χ0v) is 24.1. The number of rotatable bonds is 7. The van der Waals surface area contributed by atoms with Crippen LogP contribution in [0.2, 0.25) is 0 Å². The topological polar surface area (TPSA) is 114 Å². The number of benzene rings is 1. The lowest BCUT2D eigenvalue weighted by Gasteiger charge is -2.40. The molecule has 0 unspecified atom stereocenters. The second-order valence-electron chi connectivity index (χ2n) is 8.83. The lowest BCUT2D eigenvalue weighted by molar-refractivity contribution is -0.137. The summed E-state index contributed by atoms with van der Waals surface area (Å²) in [5.41, 5.74) is -0.0559. The van der Waals surface area contributed by atoms with Crippen LogP contribution in [0.15, 0.2) is 24.3 Å². The van der Waals surface area contributed by atoms with Crippen LogP contribution in [0.5, 0.6) is 0 Å². The summed E-state index contributed by atoms with van der Waals surface area (Å²) >= 11 is 0. The minimum absolute atomic E-state index is 0. The number of alkyl halides is 3. The smallest absolute Gasteiger partial charge is 0.352 e. The number of carbonyl (C=O) groups is 2. The molecule has 2 heterocycles. The van der Waals surface area contributed by atoms with Crippen LogP contribution in [0, 0.1) is 23.2 Å². The molecular weight excluding hydrogens is 626 g/mol. The molecule has 2 amide bonds. The molecule has 1 N–H and O–H groups in total. The molecule has 9 nitrogen and oxygen atoms in total. The van der Waals surface area contributed by atoms with Crippen LogP contribution in [0.3, 0.4) is 0 Å². The Morgan fingerprint density at radius 3 is 2.35 bits per heavy atom. The Hall–Kier alpha value is -1.96. The standard InChI is InChI=1S/C13H22N4O3S.C10H10F3NO.HI.H2/c1-3-15(2)13(18)12-5-4-6-16(10-12)21(19,20)17-8-11(7-14)9-17;1-7(14-6-15)8-2-4-9(5-3-8)10(11,12)13;;/h11-12H,3-6,8-10H2,1-2H3;2-7H,1H3,(H,14,15);2*1H/t12-;7-;;/m01../s1. The molecule has 2 aliphatic rings. The van der Waals surface area contributed by atoms with Crippen LogP contribution in [-0.2, 0) is 26.0 Å². The number of hydrogen-bond acceptors (Lipinski definition) is 5. The first kappa shape index (κ1) is 33.1. The van der Waals surface area contributed by atoms with Crippen molar-refractivity contribution in [2.45, 2.75) is 38.9 Å². The highest BCUT2D eigenvalue weighted by Gasteiger charge is 2.42. The summed E-state index contributed by atoms with van der Waals surface area (Å²) in [6, 6.07) is 6.48. The van der Waals surface area contributed by atoms with E-state index in [9.17, 15) is 31.2 Å². The molecule has 0 spiro atoms. The maximum Gasteiger partial charge on any atom is 0.416 e. The van der Waals surface area contributed by atoms with E-state index in [4.69, 9.17) is 5.26 Å². The van der Waals surface area contributed by atoms with Crippen molar-refractivity contribution >= 4 is 46.5 Å². The van der Waals surface area contributed by atoms with Gasteiger partial charge in [0.05, 0.1) is 29.5 Å². The third kappa shape index (κ3) is 8.79. The summed E-state index contributed by atoms with van der Waals surface area (Å²) in [6.45, 7) is 5.45. The molecule has 1 aromatic rings. The van der Waals surface area contributed by atoms with Gasteiger partial charge in [-0.3, -0.25) is 9.59 Å². The summed E-state index contributed by atoms with van der Waals surface area (Å²) in [7, 11) is -1.78. The van der Waals surface area contributed by atoms with Gasteiger partial charge in [-0.2, -0.15) is 35.5 Å². The highest BCUT2D eigenvalue weighted by molar-refractivity contribution is 14.0. The second kappa shape index (κ2) is 14.3. The molecular formula is C23H35F3IN5O4S. The second-order valence-corrected chi connectivity index (χ2v) is 10.8. The molecule has 37 heavy (non-hydrogen) atoms. The van der Waals surface area contributed by atoms with E-state index in [-0.39, 0.29) is 68.8 Å². The maximum atomic E-state index is 12.5. The lowest BCUT2D eigenvalue weighted by Crippen LogP contribution is -2.57. The molecule has 2 saturated heterocycles. The predicted octanol–water partition coefficient (Wildman–Crippen LogP) is 3.25. The quantitative estimate of drug-likeness (QED) is 0.356. The zero-order chi connectivity index (χ0) is 27.1. The number of halogens is 4. The van der Waals surface area contributed by atoms with E-state index in [2.05, 4.69) is 11.4 Å². The minimum atomic E-state index is -4.32. The molecule has 0 aliphatic carbocycles. The van der Waals surface area contributed by atoms with Gasteiger partial charge in [0.25, 0.3) is 10.2 Å². The predicted molar refractivity (Wildman–Crippen MR) is 144 cm³/mol. The Bertz CT molecular complexity index is 1050. The third-order valence-corrected chi connectivity index (χ3v) is 8.26. The van der Waals surface area contributed by atoms with E-state index in [1.807, 2.05) is 6.92 Å². The average Bonchev–Trinajstić information content (AvgIpc) is 2.82. The molecule has 14 heteroatoms. The van der Waals surface area contributed by atoms with Crippen molar-refractivity contribution < 1.29 is 32.6 Å². The van der Waals surface area contributed by atoms with Crippen molar-refractivity contribution in [3.05, 3.63) is 35.4 Å². The van der Waals surface area contributed by atoms with E-state index < -0.39 is 21.9 Å². The fraction of sp³-hybridized carbons (Fsp3) is 0.609. The maximum absolute atomic E-state index is 12.5. The molecule has 2 aliphatic heterocycles. The normalized spacial score (nSPS) is 19.6. The highest BCUT2D eigenvalue weighted by atomic mass is 127. The minimum Gasteiger partial charge on any atom is -0.352 e. The molecule has 210 valence electrons. The number of carbonyl (C=O) groups excluding carboxylic acids is 2. The largest absolute Gasteiger partial charge is 0.416 e. The zero-order valence-electron chi connectivity index (χ0n) is 20.9. The van der Waals surface area contributed by atoms with Crippen LogP contribution in [-0.4, -0.2) is 74.0 Å². The van der Waals surface area contributed by atoms with Crippen LogP contribution >= 0.6 is 24.0 Å². The first-order chi connectivity index (χ1) is 16.8. The van der Waals surface area contributed by atoms with Gasteiger partial charge in [-0.05, 0) is 44.4 Å². The average molecular weight is 662 g/mol. The number of nitrogens with one attached hydrogen (secondary N) is 1. The van der Waals surface area contributed by atoms with Gasteiger partial charge in [0, 0.05) is 41.2 Å². The van der Waals surface area contributed by atoms with Crippen molar-refractivity contribution in [2.24, 2.45) is 11.8 Å². The number of amides is 2.